The van der Waals surface area contributed by atoms with Gasteiger partial charge in [-0.2, -0.15) is 5.06 Å². The van der Waals surface area contributed by atoms with Crippen molar-refractivity contribution in [1.82, 2.24) is 5.06 Å². The summed E-state index contributed by atoms with van der Waals surface area (Å²) in [5.41, 5.74) is 3.49. The Kier molecular flexibility index (Phi) is 4.46. The highest BCUT2D eigenvalue weighted by atomic mass is 16.7. The van der Waals surface area contributed by atoms with Crippen molar-refractivity contribution in [3.05, 3.63) is 46.0 Å². The molecule has 1 heterocycles. The molecule has 1 amide bonds. The number of hydrogen-bond acceptors (Lipinski definition) is 8. The van der Waals surface area contributed by atoms with Crippen LogP contribution in [0.5, 0.6) is 5.75 Å². The Hall–Kier alpha value is -3.01. The number of hydroxylamine groups is 2. The zero-order valence-corrected chi connectivity index (χ0v) is 18.7. The third kappa shape index (κ3) is 2.44. The lowest BCUT2D eigenvalue weighted by Gasteiger charge is -2.50. The first-order chi connectivity index (χ1) is 15.4. The van der Waals surface area contributed by atoms with E-state index in [4.69, 9.17) is 10.6 Å². The van der Waals surface area contributed by atoms with E-state index < -0.39 is 58.4 Å². The number of primary amides is 1. The fourth-order valence-electron chi connectivity index (χ4n) is 6.48. The smallest absolute Gasteiger partial charge is 0.252 e. The number of benzene rings is 1. The van der Waals surface area contributed by atoms with Crippen LogP contribution in [0.15, 0.2) is 34.9 Å². The molecule has 6 unspecified atom stereocenters. The van der Waals surface area contributed by atoms with Crippen LogP contribution in [0.1, 0.15) is 37.8 Å². The van der Waals surface area contributed by atoms with E-state index in [-0.39, 0.29) is 28.7 Å². The highest BCUT2D eigenvalue weighted by Crippen LogP contribution is 2.59. The number of amides is 1. The largest absolute Gasteiger partial charge is 0.507 e. The maximum atomic E-state index is 13.9. The number of carbonyl (C=O) groups is 3. The summed E-state index contributed by atoms with van der Waals surface area (Å²) in [6, 6.07) is 4.06. The quantitative estimate of drug-likeness (QED) is 0.381. The number of aliphatic hydroxyl groups excluding tert-OH is 1. The number of hydrogen-bond donors (Lipinski definition) is 4. The second-order valence-electron chi connectivity index (χ2n) is 9.68. The van der Waals surface area contributed by atoms with Gasteiger partial charge in [0.15, 0.2) is 5.60 Å². The van der Waals surface area contributed by atoms with Gasteiger partial charge in [-0.15, -0.1) is 0 Å². The molecule has 0 spiro atoms. The summed E-state index contributed by atoms with van der Waals surface area (Å²) in [7, 11) is 1.63. The van der Waals surface area contributed by atoms with Gasteiger partial charge in [-0.25, -0.2) is 0 Å². The Labute approximate surface area is 190 Å². The van der Waals surface area contributed by atoms with Gasteiger partial charge in [0.25, 0.3) is 5.91 Å². The van der Waals surface area contributed by atoms with E-state index in [0.717, 1.165) is 0 Å². The Morgan fingerprint density at radius 3 is 2.48 bits per heavy atom. The maximum Gasteiger partial charge on any atom is 0.252 e. The third-order valence-electron chi connectivity index (χ3n) is 7.78. The molecule has 0 aromatic heterocycles. The minimum Gasteiger partial charge on any atom is -0.507 e. The Morgan fingerprint density at radius 1 is 1.21 bits per heavy atom. The van der Waals surface area contributed by atoms with Gasteiger partial charge in [-0.1, -0.05) is 32.9 Å². The van der Waals surface area contributed by atoms with Crippen molar-refractivity contribution in [1.29, 1.82) is 0 Å². The second kappa shape index (κ2) is 6.75. The summed E-state index contributed by atoms with van der Waals surface area (Å²) in [6.45, 7) is 5.46. The number of fused-ring (bicyclic) bond motifs is 3. The molecule has 1 aromatic rings. The maximum absolute atomic E-state index is 13.9. The lowest BCUT2D eigenvalue weighted by Crippen LogP contribution is -2.68. The fraction of sp³-hybridized carbons (Fsp3) is 0.458. The molecule has 3 aliphatic carbocycles. The predicted octanol–water partition coefficient (Wildman–Crippen LogP) is 0.959. The van der Waals surface area contributed by atoms with Crippen molar-refractivity contribution < 1.29 is 34.5 Å². The van der Waals surface area contributed by atoms with Crippen LogP contribution < -0.4 is 5.73 Å². The average Bonchev–Trinajstić information content (AvgIpc) is 3.08. The highest BCUT2D eigenvalue weighted by molar-refractivity contribution is 6.33. The van der Waals surface area contributed by atoms with Gasteiger partial charge < -0.3 is 21.1 Å². The zero-order valence-electron chi connectivity index (χ0n) is 18.7. The normalized spacial score (nSPS) is 35.6. The summed E-state index contributed by atoms with van der Waals surface area (Å²) < 4.78 is 0. The van der Waals surface area contributed by atoms with E-state index in [1.165, 1.54) is 11.1 Å². The monoisotopic (exact) mass is 454 g/mol. The molecule has 1 saturated heterocycles. The van der Waals surface area contributed by atoms with E-state index in [1.54, 1.807) is 33.0 Å². The highest BCUT2D eigenvalue weighted by Gasteiger charge is 2.72. The standard InChI is InChI=1S/C24H26N2O7/c1-8(2)12-16(23(25)31)22(30)24(32)17-18(12)26(4)33-20(17)13-9(3)10-6-5-7-11(27)14(10)19(28)15(13)21(24)29/h5-9,13,17-18,20,27-28,32H,1-4H3,(H2,25,31). The third-order valence-corrected chi connectivity index (χ3v) is 7.78. The van der Waals surface area contributed by atoms with Crippen LogP contribution in [-0.2, 0) is 19.2 Å². The molecule has 6 atom stereocenters. The van der Waals surface area contributed by atoms with Crippen molar-refractivity contribution in [2.75, 3.05) is 7.05 Å². The molecule has 1 saturated carbocycles. The Balaban J connectivity index is 1.83. The van der Waals surface area contributed by atoms with Crippen LogP contribution in [-0.4, -0.2) is 62.7 Å². The number of phenolic OH excluding ortho intramolecular Hbond substituents is 1. The number of likely N-dealkylation sites (N-methyl/N-ethyl adjacent to an activating group) is 1. The molecular formula is C24H26N2O7. The average molecular weight is 454 g/mol. The van der Waals surface area contributed by atoms with E-state index in [9.17, 15) is 29.7 Å². The van der Waals surface area contributed by atoms with E-state index in [2.05, 4.69) is 0 Å². The lowest BCUT2D eigenvalue weighted by molar-refractivity contribution is -0.173. The van der Waals surface area contributed by atoms with Gasteiger partial charge in [0.1, 0.15) is 11.5 Å². The Morgan fingerprint density at radius 2 is 1.88 bits per heavy atom. The van der Waals surface area contributed by atoms with Gasteiger partial charge in [0.05, 0.1) is 29.2 Å². The molecule has 174 valence electrons. The molecule has 4 aliphatic rings. The van der Waals surface area contributed by atoms with Crippen molar-refractivity contribution in [2.24, 2.45) is 23.5 Å². The number of carbonyl (C=O) groups excluding carboxylic acids is 3. The molecule has 33 heavy (non-hydrogen) atoms. The number of ketones is 2. The van der Waals surface area contributed by atoms with Gasteiger partial charge >= 0.3 is 0 Å². The molecule has 9 heteroatoms. The number of aliphatic hydroxyl groups is 2. The van der Waals surface area contributed by atoms with Crippen LogP contribution in [0.25, 0.3) is 5.76 Å². The summed E-state index contributed by atoms with van der Waals surface area (Å²) >= 11 is 0. The van der Waals surface area contributed by atoms with E-state index >= 15 is 0 Å². The molecule has 1 aromatic carbocycles. The molecule has 9 nitrogen and oxygen atoms in total. The fourth-order valence-corrected chi connectivity index (χ4v) is 6.48. The first kappa shape index (κ1) is 21.8. The molecule has 2 fully saturated rings. The number of nitrogens with two attached hydrogens (primary N) is 1. The molecule has 1 aliphatic heterocycles. The summed E-state index contributed by atoms with van der Waals surface area (Å²) in [5.74, 6) is -6.12. The van der Waals surface area contributed by atoms with Gasteiger partial charge in [0.2, 0.25) is 11.6 Å². The van der Waals surface area contributed by atoms with Crippen LogP contribution in [0, 0.1) is 17.8 Å². The van der Waals surface area contributed by atoms with Crippen molar-refractivity contribution >= 4 is 23.2 Å². The van der Waals surface area contributed by atoms with E-state index in [1.807, 2.05) is 6.92 Å². The first-order valence-electron chi connectivity index (χ1n) is 10.9. The molecule has 0 radical (unpaired) electrons. The minimum atomic E-state index is -2.63. The molecule has 0 bridgehead atoms. The van der Waals surface area contributed by atoms with Crippen molar-refractivity contribution in [3.8, 4) is 5.75 Å². The number of rotatable bonds is 2. The topological polar surface area (TPSA) is 150 Å². The van der Waals surface area contributed by atoms with Crippen LogP contribution in [0.3, 0.4) is 0 Å². The first-order valence-corrected chi connectivity index (χ1v) is 10.9. The van der Waals surface area contributed by atoms with Crippen LogP contribution >= 0.6 is 0 Å². The van der Waals surface area contributed by atoms with Crippen LogP contribution in [0.4, 0.5) is 0 Å². The Bertz CT molecular complexity index is 1200. The number of Topliss-reactive ketones (excluding diaryl/α,β-unsaturated/α-hetero) is 2. The van der Waals surface area contributed by atoms with Gasteiger partial charge in [0, 0.05) is 18.5 Å². The second-order valence-corrected chi connectivity index (χ2v) is 9.68. The van der Waals surface area contributed by atoms with Crippen molar-refractivity contribution in [3.63, 3.8) is 0 Å². The van der Waals surface area contributed by atoms with Gasteiger partial charge in [-0.05, 0) is 29.0 Å². The molecule has 5 N–H and O–H groups in total. The molecular weight excluding hydrogens is 428 g/mol. The lowest BCUT2D eigenvalue weighted by atomic mass is 9.53. The predicted molar refractivity (Wildman–Crippen MR) is 115 cm³/mol. The molecule has 5 rings (SSSR count). The van der Waals surface area contributed by atoms with E-state index in [0.29, 0.717) is 11.1 Å². The van der Waals surface area contributed by atoms with Gasteiger partial charge in [-0.3, -0.25) is 19.2 Å². The number of aromatic hydroxyl groups is 1. The van der Waals surface area contributed by atoms with Crippen molar-refractivity contribution in [2.45, 2.75) is 44.4 Å². The zero-order chi connectivity index (χ0) is 24.1. The summed E-state index contributed by atoms with van der Waals surface area (Å²) in [6.07, 6.45) is -0.836. The summed E-state index contributed by atoms with van der Waals surface area (Å²) in [5, 5.41) is 34.8. The number of phenols is 1. The SMILES string of the molecule is CC(C)C1=C(C(N)=O)C(=O)C2(O)C(=O)C3=C(O)c4c(O)cccc4C(C)C3C3ON(C)C1C32. The summed E-state index contributed by atoms with van der Waals surface area (Å²) in [4.78, 5) is 46.0. The van der Waals surface area contributed by atoms with Crippen LogP contribution in [0.2, 0.25) is 0 Å². The number of nitrogens with zero attached hydrogens (tertiary/aromatic N) is 1. The minimum absolute atomic E-state index is 0.0892.